The Bertz CT molecular complexity index is 314. The molecule has 2 saturated heterocycles. The molecule has 0 aromatic rings. The number of ketones is 1. The number of nitrogens with one attached hydrogen (secondary N) is 1. The molecule has 0 saturated carbocycles. The summed E-state index contributed by atoms with van der Waals surface area (Å²) in [5.41, 5.74) is 0. The van der Waals surface area contributed by atoms with E-state index in [1.165, 1.54) is 6.42 Å². The van der Waals surface area contributed by atoms with E-state index in [1.807, 2.05) is 6.92 Å². The minimum absolute atomic E-state index is 0.0973. The molecule has 3 unspecified atom stereocenters. The Hall–Kier alpha value is -0.900. The van der Waals surface area contributed by atoms with Crippen molar-refractivity contribution in [3.05, 3.63) is 0 Å². The van der Waals surface area contributed by atoms with Gasteiger partial charge < -0.3 is 5.32 Å². The Morgan fingerprint density at radius 1 is 1.39 bits per heavy atom. The molecule has 2 heterocycles. The first kappa shape index (κ1) is 13.5. The number of piperidine rings is 2. The molecule has 18 heavy (non-hydrogen) atoms. The van der Waals surface area contributed by atoms with Crippen molar-refractivity contribution in [1.82, 2.24) is 10.2 Å². The molecule has 2 rings (SSSR count). The van der Waals surface area contributed by atoms with Gasteiger partial charge in [-0.25, -0.2) is 0 Å². The lowest BCUT2D eigenvalue weighted by molar-refractivity contribution is -0.137. The summed E-state index contributed by atoms with van der Waals surface area (Å²) in [5.74, 6) is 0.491. The van der Waals surface area contributed by atoms with E-state index in [9.17, 15) is 9.59 Å². The number of carbonyl (C=O) groups is 2. The van der Waals surface area contributed by atoms with Crippen molar-refractivity contribution in [2.75, 3.05) is 6.54 Å². The molecule has 2 bridgehead atoms. The van der Waals surface area contributed by atoms with Gasteiger partial charge in [0.2, 0.25) is 5.91 Å². The standard InChI is InChI=1S/C14H24N2O2/c1-3-7-15-14(18)10(2)16-11-5-4-6-12(16)9-13(17)8-11/h10-12H,3-9H2,1-2H3,(H,15,18). The fourth-order valence-electron chi connectivity index (χ4n) is 3.37. The SMILES string of the molecule is CCCNC(=O)C(C)N1C2CCCC1CC(=O)C2. The van der Waals surface area contributed by atoms with E-state index >= 15 is 0 Å². The second-order valence-corrected chi connectivity index (χ2v) is 5.60. The van der Waals surface area contributed by atoms with Crippen molar-refractivity contribution in [2.24, 2.45) is 0 Å². The van der Waals surface area contributed by atoms with Gasteiger partial charge in [-0.05, 0) is 26.2 Å². The zero-order chi connectivity index (χ0) is 13.1. The summed E-state index contributed by atoms with van der Waals surface area (Å²) < 4.78 is 0. The quantitative estimate of drug-likeness (QED) is 0.824. The lowest BCUT2D eigenvalue weighted by Crippen LogP contribution is -2.59. The Morgan fingerprint density at radius 3 is 2.56 bits per heavy atom. The molecular formula is C14H24N2O2. The molecule has 3 atom stereocenters. The van der Waals surface area contributed by atoms with Gasteiger partial charge in [0.15, 0.2) is 0 Å². The van der Waals surface area contributed by atoms with E-state index in [4.69, 9.17) is 0 Å². The van der Waals surface area contributed by atoms with Gasteiger partial charge in [-0.1, -0.05) is 13.3 Å². The normalized spacial score (nSPS) is 30.0. The summed E-state index contributed by atoms with van der Waals surface area (Å²) >= 11 is 0. The number of hydrogen-bond acceptors (Lipinski definition) is 3. The van der Waals surface area contributed by atoms with Crippen molar-refractivity contribution in [1.29, 1.82) is 0 Å². The van der Waals surface area contributed by atoms with E-state index in [0.29, 0.717) is 30.7 Å². The topological polar surface area (TPSA) is 49.4 Å². The first-order valence-electron chi connectivity index (χ1n) is 7.20. The second-order valence-electron chi connectivity index (χ2n) is 5.60. The number of fused-ring (bicyclic) bond motifs is 2. The van der Waals surface area contributed by atoms with Gasteiger partial charge in [0.05, 0.1) is 6.04 Å². The van der Waals surface area contributed by atoms with Crippen molar-refractivity contribution < 1.29 is 9.59 Å². The van der Waals surface area contributed by atoms with Crippen LogP contribution in [-0.2, 0) is 9.59 Å². The summed E-state index contributed by atoms with van der Waals surface area (Å²) in [6.45, 7) is 4.77. The van der Waals surface area contributed by atoms with Gasteiger partial charge in [-0.15, -0.1) is 0 Å². The van der Waals surface area contributed by atoms with Crippen LogP contribution in [0.15, 0.2) is 0 Å². The predicted molar refractivity (Wildman–Crippen MR) is 70.3 cm³/mol. The van der Waals surface area contributed by atoms with Gasteiger partial charge in [-0.3, -0.25) is 14.5 Å². The van der Waals surface area contributed by atoms with E-state index in [0.717, 1.165) is 25.8 Å². The molecule has 2 aliphatic heterocycles. The molecule has 4 nitrogen and oxygen atoms in total. The monoisotopic (exact) mass is 252 g/mol. The summed E-state index contributed by atoms with van der Waals surface area (Å²) in [6, 6.07) is 0.500. The highest BCUT2D eigenvalue weighted by atomic mass is 16.2. The highest BCUT2D eigenvalue weighted by Gasteiger charge is 2.41. The molecule has 1 amide bonds. The smallest absolute Gasteiger partial charge is 0.237 e. The Morgan fingerprint density at radius 2 is 2.00 bits per heavy atom. The zero-order valence-corrected chi connectivity index (χ0v) is 11.4. The van der Waals surface area contributed by atoms with Crippen LogP contribution in [0.1, 0.15) is 52.4 Å². The van der Waals surface area contributed by atoms with Crippen LogP contribution < -0.4 is 5.32 Å². The van der Waals surface area contributed by atoms with Crippen LogP contribution in [0.5, 0.6) is 0 Å². The van der Waals surface area contributed by atoms with Gasteiger partial charge in [-0.2, -0.15) is 0 Å². The summed E-state index contributed by atoms with van der Waals surface area (Å²) in [4.78, 5) is 26.0. The Kier molecular flexibility index (Phi) is 4.38. The van der Waals surface area contributed by atoms with Crippen LogP contribution >= 0.6 is 0 Å². The van der Waals surface area contributed by atoms with Crippen molar-refractivity contribution in [2.45, 2.75) is 70.5 Å². The maximum absolute atomic E-state index is 12.1. The summed E-state index contributed by atoms with van der Waals surface area (Å²) in [5, 5.41) is 2.96. The predicted octanol–water partition coefficient (Wildman–Crippen LogP) is 1.49. The number of carbonyl (C=O) groups excluding carboxylic acids is 2. The van der Waals surface area contributed by atoms with Crippen molar-refractivity contribution in [3.63, 3.8) is 0 Å². The summed E-state index contributed by atoms with van der Waals surface area (Å²) in [6.07, 6.45) is 5.57. The molecule has 4 heteroatoms. The van der Waals surface area contributed by atoms with Crippen LogP contribution in [0.4, 0.5) is 0 Å². The number of nitrogens with zero attached hydrogens (tertiary/aromatic N) is 1. The lowest BCUT2D eigenvalue weighted by atomic mass is 9.82. The van der Waals surface area contributed by atoms with Crippen LogP contribution in [0.25, 0.3) is 0 Å². The largest absolute Gasteiger partial charge is 0.355 e. The van der Waals surface area contributed by atoms with Crippen LogP contribution in [0.3, 0.4) is 0 Å². The highest BCUT2D eigenvalue weighted by molar-refractivity contribution is 5.83. The average molecular weight is 252 g/mol. The minimum Gasteiger partial charge on any atom is -0.355 e. The molecule has 2 fully saturated rings. The number of Topliss-reactive ketones (excluding diaryl/α,β-unsaturated/α-hetero) is 1. The Balaban J connectivity index is 2.02. The van der Waals surface area contributed by atoms with Crippen LogP contribution in [-0.4, -0.2) is 41.3 Å². The number of rotatable bonds is 4. The molecule has 1 N–H and O–H groups in total. The maximum atomic E-state index is 12.1. The first-order chi connectivity index (χ1) is 8.63. The molecule has 0 aromatic heterocycles. The van der Waals surface area contributed by atoms with Gasteiger partial charge in [0, 0.05) is 31.5 Å². The van der Waals surface area contributed by atoms with E-state index in [-0.39, 0.29) is 11.9 Å². The van der Waals surface area contributed by atoms with Crippen LogP contribution in [0, 0.1) is 0 Å². The lowest BCUT2D eigenvalue weighted by Gasteiger charge is -2.47. The van der Waals surface area contributed by atoms with Gasteiger partial charge in [0.25, 0.3) is 0 Å². The fraction of sp³-hybridized carbons (Fsp3) is 0.857. The molecular weight excluding hydrogens is 228 g/mol. The second kappa shape index (κ2) is 5.83. The van der Waals surface area contributed by atoms with Crippen molar-refractivity contribution >= 4 is 11.7 Å². The molecule has 102 valence electrons. The van der Waals surface area contributed by atoms with Crippen molar-refractivity contribution in [3.8, 4) is 0 Å². The molecule has 0 aliphatic carbocycles. The molecule has 2 aliphatic rings. The third-order valence-corrected chi connectivity index (χ3v) is 4.22. The number of hydrogen-bond donors (Lipinski definition) is 1. The first-order valence-corrected chi connectivity index (χ1v) is 7.20. The van der Waals surface area contributed by atoms with E-state index < -0.39 is 0 Å². The summed E-state index contributed by atoms with van der Waals surface area (Å²) in [7, 11) is 0. The molecule has 0 spiro atoms. The van der Waals surface area contributed by atoms with Crippen LogP contribution in [0.2, 0.25) is 0 Å². The average Bonchev–Trinajstić information content (AvgIpc) is 2.34. The van der Waals surface area contributed by atoms with E-state index in [1.54, 1.807) is 0 Å². The van der Waals surface area contributed by atoms with E-state index in [2.05, 4.69) is 17.1 Å². The maximum Gasteiger partial charge on any atom is 0.237 e. The van der Waals surface area contributed by atoms with Gasteiger partial charge >= 0.3 is 0 Å². The molecule has 0 radical (unpaired) electrons. The third kappa shape index (κ3) is 2.74. The van der Waals surface area contributed by atoms with Gasteiger partial charge in [0.1, 0.15) is 5.78 Å². The third-order valence-electron chi connectivity index (χ3n) is 4.22. The highest BCUT2D eigenvalue weighted by Crippen LogP contribution is 2.33. The fourth-order valence-corrected chi connectivity index (χ4v) is 3.37. The number of amides is 1. The molecule has 0 aromatic carbocycles. The minimum atomic E-state index is -0.0973. The Labute approximate surface area is 109 Å². The zero-order valence-electron chi connectivity index (χ0n) is 11.4.